The quantitative estimate of drug-likeness (QED) is 0.271. The van der Waals surface area contributed by atoms with Crippen LogP contribution in [0.3, 0.4) is 0 Å². The van der Waals surface area contributed by atoms with Crippen molar-refractivity contribution in [2.45, 2.75) is 0 Å². The van der Waals surface area contributed by atoms with Gasteiger partial charge >= 0.3 is 0 Å². The summed E-state index contributed by atoms with van der Waals surface area (Å²) in [5, 5.41) is 0. The molecule has 3 N–H and O–H groups in total. The van der Waals surface area contributed by atoms with E-state index in [0.717, 1.165) is 5.69 Å². The Kier molecular flexibility index (Phi) is 7.13. The van der Waals surface area contributed by atoms with E-state index in [4.69, 9.17) is 5.84 Å². The molecule has 0 saturated heterocycles. The first kappa shape index (κ1) is 10.4. The number of hydrazine groups is 1. The Balaban J connectivity index is 0.000000292. The smallest absolute Gasteiger partial charge is 0.0485 e. The van der Waals surface area contributed by atoms with Gasteiger partial charge in [-0.25, -0.2) is 0 Å². The second kappa shape index (κ2) is 7.53. The minimum Gasteiger partial charge on any atom is -0.324 e. The molecule has 4 heteroatoms. The summed E-state index contributed by atoms with van der Waals surface area (Å²) in [6.07, 6.45) is 0. The fourth-order valence-electron chi connectivity index (χ4n) is 0.534. The molecule has 0 heterocycles. The lowest BCUT2D eigenvalue weighted by molar-refractivity contribution is 1.35. The molecule has 0 aliphatic carbocycles. The van der Waals surface area contributed by atoms with Crippen molar-refractivity contribution < 1.29 is 0 Å². The van der Waals surface area contributed by atoms with Crippen LogP contribution in [-0.4, -0.2) is 4.70 Å². The maximum atomic E-state index is 5.10. The fourth-order valence-corrected chi connectivity index (χ4v) is 0.534. The average Bonchev–Trinajstić information content (AvgIpc) is 2.08. The van der Waals surface area contributed by atoms with Gasteiger partial charge in [-0.15, -0.1) is 12.6 Å². The van der Waals surface area contributed by atoms with E-state index in [1.165, 1.54) is 4.70 Å². The van der Waals surface area contributed by atoms with Gasteiger partial charge in [-0.05, 0) is 12.1 Å². The number of para-hydroxylation sites is 1. The molecule has 1 aromatic rings. The molecule has 0 radical (unpaired) electrons. The van der Waals surface area contributed by atoms with E-state index >= 15 is 0 Å². The molecule has 0 unspecified atom stereocenters. The van der Waals surface area contributed by atoms with Gasteiger partial charge in [-0.2, -0.15) is 0 Å². The lowest BCUT2D eigenvalue weighted by Gasteiger charge is -1.94. The standard InChI is InChI=1S/C6H8N2.CH2S2/c7-8-6-4-2-1-3-5-6;2-1-3/h1-5,8H,7H2;1H,(H,2,3). The van der Waals surface area contributed by atoms with Gasteiger partial charge < -0.3 is 5.43 Å². The molecule has 0 aliphatic rings. The number of anilines is 1. The van der Waals surface area contributed by atoms with E-state index in [2.05, 4.69) is 30.3 Å². The number of thiol groups is 1. The molecular weight excluding hydrogens is 176 g/mol. The number of rotatable bonds is 1. The molecule has 0 spiro atoms. The van der Waals surface area contributed by atoms with Crippen LogP contribution in [0.25, 0.3) is 0 Å². The van der Waals surface area contributed by atoms with Crippen LogP contribution in [-0.2, 0) is 0 Å². The molecule has 1 aromatic carbocycles. The minimum atomic E-state index is 0.938. The van der Waals surface area contributed by atoms with Crippen molar-refractivity contribution in [1.82, 2.24) is 0 Å². The van der Waals surface area contributed by atoms with E-state index in [1.807, 2.05) is 30.3 Å². The van der Waals surface area contributed by atoms with Crippen molar-refractivity contribution in [2.75, 3.05) is 5.43 Å². The molecule has 0 aromatic heterocycles. The van der Waals surface area contributed by atoms with Crippen LogP contribution in [0.1, 0.15) is 0 Å². The number of nitrogen functional groups attached to an aromatic ring is 1. The van der Waals surface area contributed by atoms with E-state index in [1.54, 1.807) is 0 Å². The van der Waals surface area contributed by atoms with Crippen LogP contribution in [0.15, 0.2) is 30.3 Å². The van der Waals surface area contributed by atoms with Gasteiger partial charge in [0.05, 0.1) is 0 Å². The van der Waals surface area contributed by atoms with Crippen molar-refractivity contribution in [3.05, 3.63) is 30.3 Å². The Morgan fingerprint density at radius 1 is 1.36 bits per heavy atom. The Morgan fingerprint density at radius 3 is 2.09 bits per heavy atom. The number of nitrogens with two attached hydrogens (primary N) is 1. The van der Waals surface area contributed by atoms with Crippen LogP contribution in [0.4, 0.5) is 5.69 Å². The first-order valence-electron chi connectivity index (χ1n) is 2.94. The third-order valence-electron chi connectivity index (χ3n) is 0.940. The van der Waals surface area contributed by atoms with Crippen molar-refractivity contribution in [3.8, 4) is 0 Å². The normalized spacial score (nSPS) is 7.45. The predicted molar refractivity (Wildman–Crippen MR) is 56.9 cm³/mol. The van der Waals surface area contributed by atoms with Crippen LogP contribution in [0.5, 0.6) is 0 Å². The summed E-state index contributed by atoms with van der Waals surface area (Å²) >= 11 is 7.61. The van der Waals surface area contributed by atoms with Crippen LogP contribution < -0.4 is 11.3 Å². The topological polar surface area (TPSA) is 38.0 Å². The summed E-state index contributed by atoms with van der Waals surface area (Å²) in [5.74, 6) is 5.10. The Morgan fingerprint density at radius 2 is 1.82 bits per heavy atom. The molecule has 11 heavy (non-hydrogen) atoms. The highest BCUT2D eigenvalue weighted by atomic mass is 32.1. The van der Waals surface area contributed by atoms with E-state index in [-0.39, 0.29) is 0 Å². The molecule has 0 fully saturated rings. The van der Waals surface area contributed by atoms with Crippen LogP contribution in [0, 0.1) is 0 Å². The van der Waals surface area contributed by atoms with Gasteiger partial charge in [-0.1, -0.05) is 30.4 Å². The SMILES string of the molecule is NNc1ccccc1.S=CS. The van der Waals surface area contributed by atoms with Crippen molar-refractivity contribution in [2.24, 2.45) is 5.84 Å². The van der Waals surface area contributed by atoms with Gasteiger partial charge in [0.1, 0.15) is 0 Å². The van der Waals surface area contributed by atoms with Crippen molar-refractivity contribution >= 4 is 35.2 Å². The molecule has 0 amide bonds. The second-order valence-electron chi connectivity index (χ2n) is 1.62. The van der Waals surface area contributed by atoms with Crippen molar-refractivity contribution in [1.29, 1.82) is 0 Å². The van der Waals surface area contributed by atoms with Crippen LogP contribution >= 0.6 is 24.8 Å². The first-order chi connectivity index (χ1) is 5.35. The molecular formula is C7H10N2S2. The maximum absolute atomic E-state index is 5.10. The molecule has 0 saturated carbocycles. The summed E-state index contributed by atoms with van der Waals surface area (Å²) < 4.78 is 1.28. The number of nitrogens with one attached hydrogen (secondary N) is 1. The van der Waals surface area contributed by atoms with Gasteiger partial charge in [-0.3, -0.25) is 5.84 Å². The summed E-state index contributed by atoms with van der Waals surface area (Å²) in [4.78, 5) is 0. The summed E-state index contributed by atoms with van der Waals surface area (Å²) in [6.45, 7) is 0. The fraction of sp³-hybridized carbons (Fsp3) is 0. The van der Waals surface area contributed by atoms with Gasteiger partial charge in [0, 0.05) is 10.4 Å². The third kappa shape index (κ3) is 5.84. The molecule has 1 rings (SSSR count). The largest absolute Gasteiger partial charge is 0.324 e. The summed E-state index contributed by atoms with van der Waals surface area (Å²) in [7, 11) is 0. The van der Waals surface area contributed by atoms with E-state index in [9.17, 15) is 0 Å². The zero-order valence-corrected chi connectivity index (χ0v) is 7.61. The predicted octanol–water partition coefficient (Wildman–Crippen LogP) is 1.85. The van der Waals surface area contributed by atoms with Crippen molar-refractivity contribution in [3.63, 3.8) is 0 Å². The molecule has 2 nitrogen and oxygen atoms in total. The Bertz CT molecular complexity index is 189. The third-order valence-corrected chi connectivity index (χ3v) is 0.940. The highest BCUT2D eigenvalue weighted by Crippen LogP contribution is 2.00. The van der Waals surface area contributed by atoms with E-state index < -0.39 is 0 Å². The van der Waals surface area contributed by atoms with Gasteiger partial charge in [0.15, 0.2) is 0 Å². The van der Waals surface area contributed by atoms with E-state index in [0.29, 0.717) is 0 Å². The highest BCUT2D eigenvalue weighted by molar-refractivity contribution is 8.08. The number of thiocarbonyl (C=S) groups is 1. The Labute approximate surface area is 77.2 Å². The van der Waals surface area contributed by atoms with Gasteiger partial charge in [0.25, 0.3) is 0 Å². The molecule has 60 valence electrons. The monoisotopic (exact) mass is 186 g/mol. The average molecular weight is 186 g/mol. The molecule has 0 bridgehead atoms. The number of hydrogen-bond donors (Lipinski definition) is 3. The van der Waals surface area contributed by atoms with Gasteiger partial charge in [0.2, 0.25) is 0 Å². The first-order valence-corrected chi connectivity index (χ1v) is 3.93. The molecule has 0 atom stereocenters. The zero-order valence-electron chi connectivity index (χ0n) is 5.90. The number of benzene rings is 1. The summed E-state index contributed by atoms with van der Waals surface area (Å²) in [6, 6.07) is 9.60. The lowest BCUT2D eigenvalue weighted by atomic mass is 10.3. The maximum Gasteiger partial charge on any atom is 0.0485 e. The second-order valence-corrected chi connectivity index (χ2v) is 2.46. The van der Waals surface area contributed by atoms with Crippen LogP contribution in [0.2, 0.25) is 0 Å². The zero-order chi connectivity index (χ0) is 8.53. The highest BCUT2D eigenvalue weighted by Gasteiger charge is 1.78. The Hall–Kier alpha value is -0.580. The lowest BCUT2D eigenvalue weighted by Crippen LogP contribution is -2.05. The minimum absolute atomic E-state index is 0.938. The number of hydrogen-bond acceptors (Lipinski definition) is 3. The summed E-state index contributed by atoms with van der Waals surface area (Å²) in [5.41, 5.74) is 3.46. The molecule has 0 aliphatic heterocycles.